The van der Waals surface area contributed by atoms with E-state index in [0.29, 0.717) is 0 Å². The van der Waals surface area contributed by atoms with Crippen molar-refractivity contribution in [2.24, 2.45) is 0 Å². The van der Waals surface area contributed by atoms with Crippen LogP contribution in [0.15, 0.2) is 218 Å². The minimum Gasteiger partial charge on any atom is -0.310 e. The van der Waals surface area contributed by atoms with Gasteiger partial charge in [-0.3, -0.25) is 0 Å². The molecule has 0 aromatic heterocycles. The Morgan fingerprint density at radius 2 is 0.967 bits per heavy atom. The number of nitrogens with zero attached hydrogens (tertiary/aromatic N) is 1. The Labute approximate surface area is 353 Å². The van der Waals surface area contributed by atoms with Gasteiger partial charge in [-0.1, -0.05) is 201 Å². The molecule has 0 saturated carbocycles. The second-order valence-electron chi connectivity index (χ2n) is 16.8. The van der Waals surface area contributed by atoms with Crippen LogP contribution >= 0.6 is 0 Å². The van der Waals surface area contributed by atoms with Gasteiger partial charge in [-0.15, -0.1) is 0 Å². The van der Waals surface area contributed by atoms with Crippen LogP contribution in [0, 0.1) is 0 Å². The number of anilines is 3. The molecule has 0 bridgehead atoms. The molecule has 60 heavy (non-hydrogen) atoms. The van der Waals surface area contributed by atoms with Crippen molar-refractivity contribution in [3.05, 3.63) is 229 Å². The molecule has 2 aliphatic carbocycles. The van der Waals surface area contributed by atoms with E-state index in [1.165, 1.54) is 88.4 Å². The average Bonchev–Trinajstić information content (AvgIpc) is 3.54. The van der Waals surface area contributed by atoms with Crippen molar-refractivity contribution in [2.75, 3.05) is 4.90 Å². The maximum atomic E-state index is 2.48. The van der Waals surface area contributed by atoms with Crippen LogP contribution in [-0.2, 0) is 5.41 Å². The molecule has 0 heterocycles. The van der Waals surface area contributed by atoms with Crippen LogP contribution in [0.3, 0.4) is 0 Å². The van der Waals surface area contributed by atoms with Crippen LogP contribution in [0.25, 0.3) is 71.6 Å². The first-order valence-electron chi connectivity index (χ1n) is 21.2. The van der Waals surface area contributed by atoms with Crippen LogP contribution in [0.1, 0.15) is 37.8 Å². The van der Waals surface area contributed by atoms with E-state index in [2.05, 4.69) is 231 Å². The van der Waals surface area contributed by atoms with E-state index >= 15 is 0 Å². The number of benzene rings is 9. The lowest BCUT2D eigenvalue weighted by atomic mass is 9.78. The highest BCUT2D eigenvalue weighted by Crippen LogP contribution is 2.53. The Morgan fingerprint density at radius 1 is 0.433 bits per heavy atom. The predicted octanol–water partition coefficient (Wildman–Crippen LogP) is 16.5. The standard InChI is InChI=1S/C59H45N/c1-59(2)54-24-14-13-23-52(54)53-37-35-48(39-55(53)59)60(56-38-32-43-16-10-12-22-50(43)58(56)46-19-7-4-8-20-46)47-33-29-41(30-34-47)40-25-27-44(28-26-40)51-36-31-42-15-9-11-21-49(42)57(51)45-17-5-3-6-18-45/h3-13,15-23,25-39H,14,24H2,1-2H3. The van der Waals surface area contributed by atoms with Crippen molar-refractivity contribution in [3.8, 4) is 44.5 Å². The molecule has 9 aromatic carbocycles. The number of allylic oxidation sites excluding steroid dienone is 4. The van der Waals surface area contributed by atoms with Gasteiger partial charge in [0, 0.05) is 22.4 Å². The molecular weight excluding hydrogens is 723 g/mol. The average molecular weight is 768 g/mol. The van der Waals surface area contributed by atoms with Crippen molar-refractivity contribution < 1.29 is 0 Å². The monoisotopic (exact) mass is 767 g/mol. The molecule has 1 nitrogen and oxygen atoms in total. The van der Waals surface area contributed by atoms with E-state index in [4.69, 9.17) is 0 Å². The summed E-state index contributed by atoms with van der Waals surface area (Å²) in [6.07, 6.45) is 6.93. The molecule has 0 saturated heterocycles. The van der Waals surface area contributed by atoms with Gasteiger partial charge in [0.15, 0.2) is 0 Å². The number of rotatable bonds is 7. The zero-order valence-electron chi connectivity index (χ0n) is 34.1. The van der Waals surface area contributed by atoms with Crippen LogP contribution in [-0.4, -0.2) is 0 Å². The van der Waals surface area contributed by atoms with E-state index in [1.54, 1.807) is 5.57 Å². The third kappa shape index (κ3) is 6.00. The minimum absolute atomic E-state index is 0.0342. The second-order valence-corrected chi connectivity index (χ2v) is 16.8. The first-order chi connectivity index (χ1) is 29.5. The maximum absolute atomic E-state index is 2.48. The van der Waals surface area contributed by atoms with Crippen molar-refractivity contribution in [2.45, 2.75) is 32.1 Å². The smallest absolute Gasteiger partial charge is 0.0546 e. The topological polar surface area (TPSA) is 3.24 Å². The van der Waals surface area contributed by atoms with Gasteiger partial charge in [-0.25, -0.2) is 0 Å². The lowest BCUT2D eigenvalue weighted by Gasteiger charge is -2.31. The molecule has 0 aliphatic heterocycles. The summed E-state index contributed by atoms with van der Waals surface area (Å²) in [4.78, 5) is 2.48. The van der Waals surface area contributed by atoms with Gasteiger partial charge >= 0.3 is 0 Å². The summed E-state index contributed by atoms with van der Waals surface area (Å²) in [6.45, 7) is 4.82. The SMILES string of the molecule is CC1(C)C2=C(C=CCC2)c2ccc(N(c3ccc(-c4ccc(-c5ccc6ccccc6c5-c5ccccc5)cc4)cc3)c3ccc4ccccc4c3-c3ccccc3)cc21. The van der Waals surface area contributed by atoms with Gasteiger partial charge in [0.1, 0.15) is 0 Å². The molecule has 0 radical (unpaired) electrons. The van der Waals surface area contributed by atoms with Gasteiger partial charge < -0.3 is 4.90 Å². The molecule has 11 rings (SSSR count). The summed E-state index contributed by atoms with van der Waals surface area (Å²) in [5, 5.41) is 5.00. The summed E-state index contributed by atoms with van der Waals surface area (Å²) in [5.74, 6) is 0. The van der Waals surface area contributed by atoms with Crippen molar-refractivity contribution in [1.82, 2.24) is 0 Å². The molecule has 0 fully saturated rings. The summed E-state index contributed by atoms with van der Waals surface area (Å²) < 4.78 is 0. The molecule has 0 spiro atoms. The summed E-state index contributed by atoms with van der Waals surface area (Å²) in [7, 11) is 0. The van der Waals surface area contributed by atoms with Crippen LogP contribution in [0.2, 0.25) is 0 Å². The molecular formula is C59H45N. The predicted molar refractivity (Wildman–Crippen MR) is 256 cm³/mol. The van der Waals surface area contributed by atoms with E-state index in [1.807, 2.05) is 0 Å². The molecule has 0 amide bonds. The van der Waals surface area contributed by atoms with Crippen LogP contribution in [0.4, 0.5) is 17.1 Å². The first-order valence-corrected chi connectivity index (χ1v) is 21.2. The quantitative estimate of drug-likeness (QED) is 0.156. The first kappa shape index (κ1) is 35.9. The highest BCUT2D eigenvalue weighted by Gasteiger charge is 2.38. The third-order valence-corrected chi connectivity index (χ3v) is 13.0. The van der Waals surface area contributed by atoms with Gasteiger partial charge in [0.25, 0.3) is 0 Å². The summed E-state index contributed by atoms with van der Waals surface area (Å²) >= 11 is 0. The normalized spacial score (nSPS) is 14.0. The Morgan fingerprint density at radius 3 is 1.65 bits per heavy atom. The van der Waals surface area contributed by atoms with Gasteiger partial charge in [0.05, 0.1) is 5.69 Å². The highest BCUT2D eigenvalue weighted by molar-refractivity contribution is 6.06. The van der Waals surface area contributed by atoms with Crippen molar-refractivity contribution in [1.29, 1.82) is 0 Å². The molecule has 2 aliphatic rings. The fraction of sp³-hybridized carbons (Fsp3) is 0.0847. The van der Waals surface area contributed by atoms with E-state index in [-0.39, 0.29) is 5.41 Å². The van der Waals surface area contributed by atoms with Gasteiger partial charge in [0.2, 0.25) is 0 Å². The second kappa shape index (κ2) is 14.6. The van der Waals surface area contributed by atoms with Crippen LogP contribution in [0.5, 0.6) is 0 Å². The fourth-order valence-electron chi connectivity index (χ4n) is 10.0. The largest absolute Gasteiger partial charge is 0.310 e. The fourth-order valence-corrected chi connectivity index (χ4v) is 10.0. The van der Waals surface area contributed by atoms with Crippen molar-refractivity contribution >= 4 is 44.2 Å². The number of fused-ring (bicyclic) bond motifs is 4. The Balaban J connectivity index is 1.02. The van der Waals surface area contributed by atoms with Crippen LogP contribution < -0.4 is 4.90 Å². The summed E-state index contributed by atoms with van der Waals surface area (Å²) in [5.41, 5.74) is 19.0. The highest BCUT2D eigenvalue weighted by atomic mass is 15.1. The number of hydrogen-bond donors (Lipinski definition) is 0. The Hall–Kier alpha value is -7.22. The Bertz CT molecular complexity index is 3130. The molecule has 1 heteroatoms. The van der Waals surface area contributed by atoms with E-state index in [9.17, 15) is 0 Å². The minimum atomic E-state index is -0.0342. The zero-order chi connectivity index (χ0) is 40.2. The van der Waals surface area contributed by atoms with Crippen molar-refractivity contribution in [3.63, 3.8) is 0 Å². The zero-order valence-corrected chi connectivity index (χ0v) is 34.1. The van der Waals surface area contributed by atoms with Gasteiger partial charge in [-0.2, -0.15) is 0 Å². The van der Waals surface area contributed by atoms with E-state index < -0.39 is 0 Å². The number of hydrogen-bond acceptors (Lipinski definition) is 1. The molecule has 9 aromatic rings. The summed E-state index contributed by atoms with van der Waals surface area (Å²) in [6, 6.07) is 73.7. The Kier molecular flexibility index (Phi) is 8.71. The molecule has 0 atom stereocenters. The molecule has 0 unspecified atom stereocenters. The lowest BCUT2D eigenvalue weighted by molar-refractivity contribution is 0.607. The lowest BCUT2D eigenvalue weighted by Crippen LogP contribution is -2.19. The van der Waals surface area contributed by atoms with Gasteiger partial charge in [-0.05, 0) is 120 Å². The third-order valence-electron chi connectivity index (χ3n) is 13.0. The maximum Gasteiger partial charge on any atom is 0.0546 e. The van der Waals surface area contributed by atoms with E-state index in [0.717, 1.165) is 24.2 Å². The molecule has 0 N–H and O–H groups in total. The molecule has 286 valence electrons.